The topological polar surface area (TPSA) is 61.7 Å². The smallest absolute Gasteiger partial charge is 0.159 e. The van der Waals surface area contributed by atoms with Gasteiger partial charge in [-0.15, -0.1) is 10.2 Å². The van der Waals surface area contributed by atoms with Crippen molar-refractivity contribution in [2.45, 2.75) is 0 Å². The van der Waals surface area contributed by atoms with E-state index in [0.717, 1.165) is 55.7 Å². The minimum absolute atomic E-state index is 0.656. The molecule has 11 aromatic rings. The molecule has 51 heavy (non-hydrogen) atoms. The van der Waals surface area contributed by atoms with Crippen molar-refractivity contribution in [2.24, 2.45) is 0 Å². The standard InChI is InChI=1S/C45H27N5O/c1-3-11-31(12-4-1)49-38-17-9-7-15-33(38)35-23-28(19-21-40(35)49)30-25-42-44(46-27-30)45-43(51-42)26-37(47-48-45)29-20-22-41-36(24-29)34-16-8-10-18-39(34)50(41)32-13-5-2-6-14-32/h1-27H. The van der Waals surface area contributed by atoms with Crippen LogP contribution in [0, 0.1) is 0 Å². The van der Waals surface area contributed by atoms with E-state index in [-0.39, 0.29) is 0 Å². The number of hydrogen-bond donors (Lipinski definition) is 0. The molecule has 0 unspecified atom stereocenters. The van der Waals surface area contributed by atoms with Gasteiger partial charge in [0.25, 0.3) is 0 Å². The van der Waals surface area contributed by atoms with Crippen molar-refractivity contribution in [3.05, 3.63) is 164 Å². The van der Waals surface area contributed by atoms with Gasteiger partial charge in [0.2, 0.25) is 0 Å². The van der Waals surface area contributed by atoms with Crippen molar-refractivity contribution in [3.8, 4) is 33.8 Å². The summed E-state index contributed by atoms with van der Waals surface area (Å²) in [5.41, 5.74) is 13.4. The molecule has 6 heteroatoms. The average Bonchev–Trinajstić information content (AvgIpc) is 3.85. The average molecular weight is 654 g/mol. The maximum absolute atomic E-state index is 6.44. The number of hydrogen-bond acceptors (Lipinski definition) is 4. The molecule has 0 aliphatic carbocycles. The van der Waals surface area contributed by atoms with Gasteiger partial charge in [0.15, 0.2) is 16.7 Å². The summed E-state index contributed by atoms with van der Waals surface area (Å²) in [6.45, 7) is 0. The Morgan fingerprint density at radius 2 is 0.922 bits per heavy atom. The van der Waals surface area contributed by atoms with E-state index in [1.54, 1.807) is 0 Å². The zero-order chi connectivity index (χ0) is 33.5. The lowest BCUT2D eigenvalue weighted by Crippen LogP contribution is -1.93. The summed E-state index contributed by atoms with van der Waals surface area (Å²) < 4.78 is 11.1. The highest BCUT2D eigenvalue weighted by molar-refractivity contribution is 6.12. The molecule has 0 amide bonds. The van der Waals surface area contributed by atoms with Crippen LogP contribution in [-0.4, -0.2) is 24.3 Å². The lowest BCUT2D eigenvalue weighted by atomic mass is 10.0. The van der Waals surface area contributed by atoms with Gasteiger partial charge in [-0.2, -0.15) is 0 Å². The van der Waals surface area contributed by atoms with E-state index < -0.39 is 0 Å². The first-order valence-electron chi connectivity index (χ1n) is 17.0. The largest absolute Gasteiger partial charge is 0.452 e. The zero-order valence-electron chi connectivity index (χ0n) is 27.2. The third-order valence-electron chi connectivity index (χ3n) is 10.1. The van der Waals surface area contributed by atoms with Crippen LogP contribution in [0.25, 0.3) is 99.6 Å². The van der Waals surface area contributed by atoms with Crippen LogP contribution in [0.15, 0.2) is 168 Å². The first kappa shape index (κ1) is 27.9. The second-order valence-electron chi connectivity index (χ2n) is 13.0. The molecule has 238 valence electrons. The van der Waals surface area contributed by atoms with Crippen LogP contribution in [0.2, 0.25) is 0 Å². The molecule has 0 fully saturated rings. The maximum Gasteiger partial charge on any atom is 0.159 e. The summed E-state index contributed by atoms with van der Waals surface area (Å²) in [6, 6.07) is 55.2. The van der Waals surface area contributed by atoms with Gasteiger partial charge in [0, 0.05) is 56.3 Å². The number of aromatic nitrogens is 5. The third kappa shape index (κ3) is 4.20. The van der Waals surface area contributed by atoms with Gasteiger partial charge in [-0.05, 0) is 72.3 Å². The van der Waals surface area contributed by atoms with Gasteiger partial charge in [-0.1, -0.05) is 84.9 Å². The number of furan rings is 1. The number of benzene rings is 6. The van der Waals surface area contributed by atoms with E-state index in [9.17, 15) is 0 Å². The van der Waals surface area contributed by atoms with Crippen LogP contribution < -0.4 is 0 Å². The molecule has 0 N–H and O–H groups in total. The fourth-order valence-electron chi connectivity index (χ4n) is 7.73. The van der Waals surface area contributed by atoms with Gasteiger partial charge in [-0.25, -0.2) is 4.98 Å². The zero-order valence-corrected chi connectivity index (χ0v) is 27.2. The van der Waals surface area contributed by atoms with E-state index in [1.807, 2.05) is 18.3 Å². The number of rotatable bonds is 4. The SMILES string of the molecule is c1ccc(-n2c3ccccc3c3cc(-c4cnc5c(c4)oc4cc(-c6ccc7c(c6)c6ccccc6n7-c6ccccc6)nnc45)ccc32)cc1. The van der Waals surface area contributed by atoms with Crippen molar-refractivity contribution < 1.29 is 4.42 Å². The fourth-order valence-corrected chi connectivity index (χ4v) is 7.73. The molecule has 0 aliphatic rings. The van der Waals surface area contributed by atoms with Crippen LogP contribution in [0.1, 0.15) is 0 Å². The molecule has 0 spiro atoms. The van der Waals surface area contributed by atoms with Crippen molar-refractivity contribution in [1.29, 1.82) is 0 Å². The minimum Gasteiger partial charge on any atom is -0.452 e. The highest BCUT2D eigenvalue weighted by atomic mass is 16.3. The van der Waals surface area contributed by atoms with Gasteiger partial charge in [0.1, 0.15) is 5.52 Å². The lowest BCUT2D eigenvalue weighted by molar-refractivity contribution is 0.666. The van der Waals surface area contributed by atoms with Gasteiger partial charge >= 0.3 is 0 Å². The molecule has 0 aliphatic heterocycles. The molecular formula is C45H27N5O. The quantitative estimate of drug-likeness (QED) is 0.190. The highest BCUT2D eigenvalue weighted by Crippen LogP contribution is 2.38. The van der Waals surface area contributed by atoms with Crippen LogP contribution in [0.4, 0.5) is 0 Å². The Morgan fingerprint density at radius 1 is 0.392 bits per heavy atom. The van der Waals surface area contributed by atoms with Crippen molar-refractivity contribution in [2.75, 3.05) is 0 Å². The van der Waals surface area contributed by atoms with Crippen LogP contribution in [0.3, 0.4) is 0 Å². The molecule has 5 heterocycles. The summed E-state index contributed by atoms with van der Waals surface area (Å²) in [5, 5.41) is 14.1. The Hall–Kier alpha value is -7.05. The van der Waals surface area contributed by atoms with Gasteiger partial charge < -0.3 is 13.6 Å². The highest BCUT2D eigenvalue weighted by Gasteiger charge is 2.18. The second kappa shape index (κ2) is 10.7. The summed E-state index contributed by atoms with van der Waals surface area (Å²) in [7, 11) is 0. The predicted molar refractivity (Wildman–Crippen MR) is 207 cm³/mol. The molecule has 0 saturated heterocycles. The van der Waals surface area contributed by atoms with E-state index in [2.05, 4.69) is 165 Å². The van der Waals surface area contributed by atoms with E-state index >= 15 is 0 Å². The Morgan fingerprint density at radius 3 is 1.57 bits per heavy atom. The number of para-hydroxylation sites is 4. The second-order valence-corrected chi connectivity index (χ2v) is 13.0. The van der Waals surface area contributed by atoms with E-state index in [1.165, 1.54) is 21.7 Å². The summed E-state index contributed by atoms with van der Waals surface area (Å²) in [4.78, 5) is 4.85. The summed E-state index contributed by atoms with van der Waals surface area (Å²) >= 11 is 0. The first-order valence-corrected chi connectivity index (χ1v) is 17.0. The van der Waals surface area contributed by atoms with Crippen LogP contribution in [-0.2, 0) is 0 Å². The predicted octanol–water partition coefficient (Wildman–Crippen LogP) is 11.3. The Labute approximate surface area is 291 Å². The van der Waals surface area contributed by atoms with Gasteiger partial charge in [0.05, 0.1) is 27.8 Å². The summed E-state index contributed by atoms with van der Waals surface area (Å²) in [5.74, 6) is 0. The maximum atomic E-state index is 6.44. The van der Waals surface area contributed by atoms with E-state index in [4.69, 9.17) is 9.40 Å². The van der Waals surface area contributed by atoms with E-state index in [0.29, 0.717) is 22.2 Å². The molecule has 0 atom stereocenters. The molecule has 6 aromatic carbocycles. The number of fused-ring (bicyclic) bond motifs is 9. The van der Waals surface area contributed by atoms with Crippen molar-refractivity contribution in [3.63, 3.8) is 0 Å². The monoisotopic (exact) mass is 653 g/mol. The van der Waals surface area contributed by atoms with Crippen molar-refractivity contribution in [1.82, 2.24) is 24.3 Å². The third-order valence-corrected chi connectivity index (χ3v) is 10.1. The number of nitrogens with zero attached hydrogens (tertiary/aromatic N) is 5. The lowest BCUT2D eigenvalue weighted by Gasteiger charge is -2.08. The minimum atomic E-state index is 0.656. The molecule has 0 radical (unpaired) electrons. The van der Waals surface area contributed by atoms with Gasteiger partial charge in [-0.3, -0.25) is 0 Å². The number of pyridine rings is 1. The molecule has 6 nitrogen and oxygen atoms in total. The molecule has 0 bridgehead atoms. The normalized spacial score (nSPS) is 11.9. The first-order chi connectivity index (χ1) is 25.3. The molecule has 0 saturated carbocycles. The summed E-state index contributed by atoms with van der Waals surface area (Å²) in [6.07, 6.45) is 1.90. The Balaban J connectivity index is 1.01. The molecular weight excluding hydrogens is 627 g/mol. The Bertz CT molecular complexity index is 2920. The molecule has 11 rings (SSSR count). The Kier molecular flexibility index (Phi) is 5.86. The van der Waals surface area contributed by atoms with Crippen LogP contribution >= 0.6 is 0 Å². The fraction of sp³-hybridized carbons (Fsp3) is 0. The molecule has 5 aromatic heterocycles. The van der Waals surface area contributed by atoms with Crippen molar-refractivity contribution >= 4 is 65.8 Å². The van der Waals surface area contributed by atoms with Crippen LogP contribution in [0.5, 0.6) is 0 Å².